The summed E-state index contributed by atoms with van der Waals surface area (Å²) < 4.78 is 0. The van der Waals surface area contributed by atoms with Crippen molar-refractivity contribution in [2.45, 2.75) is 58.1 Å². The largest absolute Gasteiger partial charge is 0.393 e. The minimum atomic E-state index is -0.134. The highest BCUT2D eigenvalue weighted by atomic mass is 16.3. The molecule has 0 fully saturated rings. The summed E-state index contributed by atoms with van der Waals surface area (Å²) >= 11 is 0. The summed E-state index contributed by atoms with van der Waals surface area (Å²) in [5, 5.41) is 8.94. The molecule has 0 bridgehead atoms. The lowest BCUT2D eigenvalue weighted by atomic mass is 10.1. The van der Waals surface area contributed by atoms with Crippen molar-refractivity contribution in [2.24, 2.45) is 5.73 Å². The van der Waals surface area contributed by atoms with E-state index in [4.69, 9.17) is 10.8 Å². The molecule has 0 saturated heterocycles. The molecule has 0 aromatic carbocycles. The Morgan fingerprint density at radius 2 is 1.64 bits per heavy atom. The SMILES string of the molecule is CC(O)CCCCC[C@@H](C)N. The quantitative estimate of drug-likeness (QED) is 0.579. The van der Waals surface area contributed by atoms with Gasteiger partial charge in [-0.25, -0.2) is 0 Å². The van der Waals surface area contributed by atoms with E-state index in [1.165, 1.54) is 12.8 Å². The zero-order valence-electron chi connectivity index (χ0n) is 7.71. The minimum Gasteiger partial charge on any atom is -0.393 e. The van der Waals surface area contributed by atoms with Crippen molar-refractivity contribution in [3.63, 3.8) is 0 Å². The van der Waals surface area contributed by atoms with Crippen molar-refractivity contribution < 1.29 is 5.11 Å². The van der Waals surface area contributed by atoms with Gasteiger partial charge in [0.05, 0.1) is 6.10 Å². The normalized spacial score (nSPS) is 16.4. The second-order valence-electron chi connectivity index (χ2n) is 3.46. The molecule has 68 valence electrons. The Labute approximate surface area is 69.8 Å². The van der Waals surface area contributed by atoms with Gasteiger partial charge in [-0.05, 0) is 26.7 Å². The van der Waals surface area contributed by atoms with E-state index >= 15 is 0 Å². The fourth-order valence-electron chi connectivity index (χ4n) is 1.08. The van der Waals surface area contributed by atoms with Gasteiger partial charge in [0.15, 0.2) is 0 Å². The molecule has 0 aromatic heterocycles. The second kappa shape index (κ2) is 6.62. The summed E-state index contributed by atoms with van der Waals surface area (Å²) in [5.41, 5.74) is 5.59. The molecule has 0 aliphatic heterocycles. The lowest BCUT2D eigenvalue weighted by Gasteiger charge is -2.05. The van der Waals surface area contributed by atoms with Crippen LogP contribution in [0, 0.1) is 0 Å². The lowest BCUT2D eigenvalue weighted by Crippen LogP contribution is -2.13. The van der Waals surface area contributed by atoms with E-state index in [9.17, 15) is 0 Å². The summed E-state index contributed by atoms with van der Waals surface area (Å²) in [4.78, 5) is 0. The van der Waals surface area contributed by atoms with Crippen LogP contribution >= 0.6 is 0 Å². The summed E-state index contributed by atoms with van der Waals surface area (Å²) in [6, 6.07) is 0.335. The van der Waals surface area contributed by atoms with Crippen LogP contribution in [0.5, 0.6) is 0 Å². The van der Waals surface area contributed by atoms with Gasteiger partial charge in [0.1, 0.15) is 0 Å². The molecule has 3 N–H and O–H groups in total. The molecule has 0 aliphatic carbocycles. The highest BCUT2D eigenvalue weighted by molar-refractivity contribution is 4.54. The van der Waals surface area contributed by atoms with Crippen LogP contribution in [-0.2, 0) is 0 Å². The Kier molecular flexibility index (Phi) is 6.57. The molecule has 0 radical (unpaired) electrons. The van der Waals surface area contributed by atoms with Gasteiger partial charge >= 0.3 is 0 Å². The summed E-state index contributed by atoms with van der Waals surface area (Å²) in [5.74, 6) is 0. The molecule has 11 heavy (non-hydrogen) atoms. The standard InChI is InChI=1S/C9H21NO/c1-8(10)6-4-3-5-7-9(2)11/h8-9,11H,3-7,10H2,1-2H3/t8-,9?/m1/s1. The number of nitrogens with two attached hydrogens (primary N) is 1. The lowest BCUT2D eigenvalue weighted by molar-refractivity contribution is 0.180. The zero-order valence-corrected chi connectivity index (χ0v) is 7.71. The third kappa shape index (κ3) is 9.92. The predicted molar refractivity (Wildman–Crippen MR) is 48.4 cm³/mol. The Morgan fingerprint density at radius 3 is 2.09 bits per heavy atom. The molecule has 0 aromatic rings. The van der Waals surface area contributed by atoms with Gasteiger partial charge in [-0.15, -0.1) is 0 Å². The molecule has 2 heteroatoms. The number of unbranched alkanes of at least 4 members (excludes halogenated alkanes) is 2. The predicted octanol–water partition coefficient (Wildman–Crippen LogP) is 1.66. The Balaban J connectivity index is 2.91. The highest BCUT2D eigenvalue weighted by Gasteiger charge is 1.96. The van der Waals surface area contributed by atoms with E-state index in [2.05, 4.69) is 0 Å². The van der Waals surface area contributed by atoms with Crippen molar-refractivity contribution in [2.75, 3.05) is 0 Å². The van der Waals surface area contributed by atoms with Gasteiger partial charge in [-0.2, -0.15) is 0 Å². The van der Waals surface area contributed by atoms with E-state index in [-0.39, 0.29) is 6.10 Å². The van der Waals surface area contributed by atoms with Gasteiger partial charge in [-0.1, -0.05) is 19.3 Å². The van der Waals surface area contributed by atoms with Crippen molar-refractivity contribution >= 4 is 0 Å². The maximum atomic E-state index is 8.94. The molecule has 0 heterocycles. The van der Waals surface area contributed by atoms with Crippen LogP contribution in [0.4, 0.5) is 0 Å². The summed E-state index contributed by atoms with van der Waals surface area (Å²) in [6.07, 6.45) is 5.44. The van der Waals surface area contributed by atoms with Crippen LogP contribution in [-0.4, -0.2) is 17.3 Å². The molecule has 0 rings (SSSR count). The van der Waals surface area contributed by atoms with Gasteiger partial charge in [-0.3, -0.25) is 0 Å². The van der Waals surface area contributed by atoms with Crippen LogP contribution in [0.1, 0.15) is 46.0 Å². The van der Waals surface area contributed by atoms with Crippen LogP contribution < -0.4 is 5.73 Å². The fourth-order valence-corrected chi connectivity index (χ4v) is 1.08. The van der Waals surface area contributed by atoms with Gasteiger partial charge in [0.25, 0.3) is 0 Å². The molecule has 2 nitrogen and oxygen atoms in total. The van der Waals surface area contributed by atoms with Gasteiger partial charge < -0.3 is 10.8 Å². The number of aliphatic hydroxyl groups is 1. The third-order valence-corrected chi connectivity index (χ3v) is 1.78. The smallest absolute Gasteiger partial charge is 0.0512 e. The first-order chi connectivity index (χ1) is 5.13. The van der Waals surface area contributed by atoms with Crippen LogP contribution in [0.3, 0.4) is 0 Å². The van der Waals surface area contributed by atoms with Gasteiger partial charge in [0.2, 0.25) is 0 Å². The summed E-state index contributed by atoms with van der Waals surface area (Å²) in [6.45, 7) is 3.88. The first kappa shape index (κ1) is 10.9. The van der Waals surface area contributed by atoms with Crippen LogP contribution in [0.15, 0.2) is 0 Å². The highest BCUT2D eigenvalue weighted by Crippen LogP contribution is 2.06. The van der Waals surface area contributed by atoms with Crippen molar-refractivity contribution in [1.29, 1.82) is 0 Å². The van der Waals surface area contributed by atoms with Crippen molar-refractivity contribution in [3.05, 3.63) is 0 Å². The molecule has 0 spiro atoms. The molecular formula is C9H21NO. The number of hydrogen-bond acceptors (Lipinski definition) is 2. The zero-order chi connectivity index (χ0) is 8.69. The second-order valence-corrected chi connectivity index (χ2v) is 3.46. The maximum absolute atomic E-state index is 8.94. The van der Waals surface area contributed by atoms with Crippen LogP contribution in [0.2, 0.25) is 0 Å². The number of aliphatic hydroxyl groups excluding tert-OH is 1. The molecule has 1 unspecified atom stereocenters. The topological polar surface area (TPSA) is 46.2 Å². The van der Waals surface area contributed by atoms with Crippen LogP contribution in [0.25, 0.3) is 0 Å². The Hall–Kier alpha value is -0.0800. The average molecular weight is 159 g/mol. The monoisotopic (exact) mass is 159 g/mol. The van der Waals surface area contributed by atoms with Crippen molar-refractivity contribution in [1.82, 2.24) is 0 Å². The first-order valence-corrected chi connectivity index (χ1v) is 4.56. The minimum absolute atomic E-state index is 0.134. The third-order valence-electron chi connectivity index (χ3n) is 1.78. The Morgan fingerprint density at radius 1 is 1.09 bits per heavy atom. The van der Waals surface area contributed by atoms with Gasteiger partial charge in [0, 0.05) is 6.04 Å². The fraction of sp³-hybridized carbons (Fsp3) is 1.00. The molecule has 0 amide bonds. The first-order valence-electron chi connectivity index (χ1n) is 4.56. The van der Waals surface area contributed by atoms with Crippen molar-refractivity contribution in [3.8, 4) is 0 Å². The summed E-state index contributed by atoms with van der Waals surface area (Å²) in [7, 11) is 0. The molecule has 2 atom stereocenters. The van der Waals surface area contributed by atoms with E-state index in [1.807, 2.05) is 13.8 Å². The molecule has 0 aliphatic rings. The van der Waals surface area contributed by atoms with E-state index in [0.29, 0.717) is 6.04 Å². The average Bonchev–Trinajstić information content (AvgIpc) is 1.85. The van der Waals surface area contributed by atoms with E-state index in [0.717, 1.165) is 19.3 Å². The number of hydrogen-bond donors (Lipinski definition) is 2. The molecule has 0 saturated carbocycles. The van der Waals surface area contributed by atoms with E-state index < -0.39 is 0 Å². The van der Waals surface area contributed by atoms with E-state index in [1.54, 1.807) is 0 Å². The number of rotatable bonds is 6. The Bertz CT molecular complexity index is 71.6. The molecular weight excluding hydrogens is 138 g/mol. The maximum Gasteiger partial charge on any atom is 0.0512 e.